The Morgan fingerprint density at radius 3 is 2.43 bits per heavy atom. The number of aliphatic carboxylic acids is 1. The first-order chi connectivity index (χ1) is 6.25. The van der Waals surface area contributed by atoms with Crippen molar-refractivity contribution in [3.63, 3.8) is 0 Å². The molecule has 5 nitrogen and oxygen atoms in total. The number of hydrogen-bond donors (Lipinski definition) is 0. The molecule has 0 bridgehead atoms. The van der Waals surface area contributed by atoms with Gasteiger partial charge in [0.2, 0.25) is 0 Å². The molecule has 14 heavy (non-hydrogen) atoms. The zero-order valence-corrected chi connectivity index (χ0v) is 9.62. The van der Waals surface area contributed by atoms with Gasteiger partial charge in [-0.3, -0.25) is 0 Å². The summed E-state index contributed by atoms with van der Waals surface area (Å²) in [5.41, 5.74) is 8.53. The minimum Gasteiger partial charge on any atom is -0.549 e. The van der Waals surface area contributed by atoms with Gasteiger partial charge in [-0.1, -0.05) is 35.4 Å². The maximum Gasteiger partial charge on any atom is 1.00 e. The van der Waals surface area contributed by atoms with Crippen molar-refractivity contribution in [2.75, 3.05) is 0 Å². The molecule has 0 amide bonds. The van der Waals surface area contributed by atoms with Crippen LogP contribution in [0.5, 0.6) is 0 Å². The Morgan fingerprint density at radius 2 is 2.00 bits per heavy atom. The van der Waals surface area contributed by atoms with Crippen LogP contribution in [0, 0.1) is 0 Å². The molecule has 0 saturated heterocycles. The second-order valence-electron chi connectivity index (χ2n) is 2.34. The van der Waals surface area contributed by atoms with Crippen molar-refractivity contribution in [2.24, 2.45) is 5.11 Å². The first-order valence-corrected chi connectivity index (χ1v) is 3.55. The Hall–Kier alpha value is -1.000. The van der Waals surface area contributed by atoms with Gasteiger partial charge in [0, 0.05) is 4.91 Å². The summed E-state index contributed by atoms with van der Waals surface area (Å²) >= 11 is 0. The van der Waals surface area contributed by atoms with E-state index in [1.165, 1.54) is 0 Å². The van der Waals surface area contributed by atoms with Gasteiger partial charge in [-0.15, -0.1) is 0 Å². The first-order valence-electron chi connectivity index (χ1n) is 3.55. The number of rotatable bonds is 3. The Kier molecular flexibility index (Phi) is 5.99. The molecule has 0 fully saturated rings. The van der Waals surface area contributed by atoms with Gasteiger partial charge >= 0.3 is 29.6 Å². The number of carboxylic acids is 1. The fraction of sp³-hybridized carbons (Fsp3) is 0.125. The Labute approximate surface area is 103 Å². The number of carboxylic acid groups (broad SMARTS) is 1. The number of benzene rings is 1. The van der Waals surface area contributed by atoms with Crippen LogP contribution in [-0.4, -0.2) is 5.97 Å². The van der Waals surface area contributed by atoms with E-state index in [4.69, 9.17) is 5.53 Å². The molecule has 1 aromatic rings. The molecule has 6 heteroatoms. The van der Waals surface area contributed by atoms with Crippen LogP contribution < -0.4 is 34.7 Å². The summed E-state index contributed by atoms with van der Waals surface area (Å²) in [7, 11) is 0. The molecule has 1 rings (SSSR count). The second-order valence-corrected chi connectivity index (χ2v) is 2.34. The van der Waals surface area contributed by atoms with Crippen molar-refractivity contribution >= 4 is 5.97 Å². The smallest absolute Gasteiger partial charge is 0.549 e. The van der Waals surface area contributed by atoms with E-state index in [0.29, 0.717) is 5.56 Å². The van der Waals surface area contributed by atoms with E-state index in [0.717, 1.165) is 0 Å². The molecule has 66 valence electrons. The topological polar surface area (TPSA) is 88.9 Å². The molecule has 0 spiro atoms. The number of hydrogen-bond acceptors (Lipinski definition) is 3. The van der Waals surface area contributed by atoms with Gasteiger partial charge in [-0.25, -0.2) is 0 Å². The molecular formula is C8H6N3NaO2. The molecule has 0 heterocycles. The summed E-state index contributed by atoms with van der Waals surface area (Å²) in [5, 5.41) is 13.6. The summed E-state index contributed by atoms with van der Waals surface area (Å²) in [6.07, 6.45) is 0. The molecule has 1 aromatic carbocycles. The minimum atomic E-state index is -1.40. The quantitative estimate of drug-likeness (QED) is 0.239. The van der Waals surface area contributed by atoms with Crippen LogP contribution in [0.15, 0.2) is 35.4 Å². The summed E-state index contributed by atoms with van der Waals surface area (Å²) in [6, 6.07) is 6.96. The van der Waals surface area contributed by atoms with Gasteiger partial charge < -0.3 is 9.90 Å². The zero-order chi connectivity index (χ0) is 9.68. The summed E-state index contributed by atoms with van der Waals surface area (Å²) in [5.74, 6) is -1.40. The zero-order valence-electron chi connectivity index (χ0n) is 7.62. The van der Waals surface area contributed by atoms with Gasteiger partial charge in [0.05, 0.1) is 5.97 Å². The first kappa shape index (κ1) is 13.0. The van der Waals surface area contributed by atoms with Crippen molar-refractivity contribution in [1.29, 1.82) is 0 Å². The third-order valence-electron chi connectivity index (χ3n) is 1.51. The third-order valence-corrected chi connectivity index (χ3v) is 1.51. The van der Waals surface area contributed by atoms with Gasteiger partial charge in [-0.05, 0) is 11.1 Å². The van der Waals surface area contributed by atoms with Crippen LogP contribution in [0.1, 0.15) is 11.6 Å². The van der Waals surface area contributed by atoms with E-state index < -0.39 is 12.0 Å². The standard InChI is InChI=1S/C8H7N3O2.Na/c9-11-10-7(8(12)13)6-4-2-1-3-5-6;/h1-5,7H,(H,12,13);/q;+1/p-1/t7-;/m0./s1. The van der Waals surface area contributed by atoms with E-state index in [1.807, 2.05) is 0 Å². The molecule has 0 aliphatic heterocycles. The number of carbonyl (C=O) groups is 1. The fourth-order valence-corrected chi connectivity index (χ4v) is 0.937. The Balaban J connectivity index is 0.00000169. The molecule has 0 aliphatic rings. The molecule has 0 saturated carbocycles. The number of azide groups is 1. The Bertz CT molecular complexity index is 347. The maximum absolute atomic E-state index is 10.5. The van der Waals surface area contributed by atoms with Gasteiger partial charge in [0.25, 0.3) is 0 Å². The predicted octanol–water partition coefficient (Wildman–Crippen LogP) is -2.21. The van der Waals surface area contributed by atoms with E-state index in [-0.39, 0.29) is 29.6 Å². The number of carbonyl (C=O) groups excluding carboxylic acids is 1. The molecule has 0 radical (unpaired) electrons. The van der Waals surface area contributed by atoms with Crippen molar-refractivity contribution in [3.05, 3.63) is 46.3 Å². The number of nitrogens with zero attached hydrogens (tertiary/aromatic N) is 3. The van der Waals surface area contributed by atoms with E-state index >= 15 is 0 Å². The van der Waals surface area contributed by atoms with Crippen LogP contribution in [0.4, 0.5) is 0 Å². The van der Waals surface area contributed by atoms with Gasteiger partial charge in [-0.2, -0.15) is 0 Å². The fourth-order valence-electron chi connectivity index (χ4n) is 0.937. The van der Waals surface area contributed by atoms with Gasteiger partial charge in [0.15, 0.2) is 0 Å². The maximum atomic E-state index is 10.5. The average molecular weight is 199 g/mol. The van der Waals surface area contributed by atoms with Crippen LogP contribution in [0.25, 0.3) is 10.4 Å². The molecule has 0 aliphatic carbocycles. The van der Waals surface area contributed by atoms with Crippen LogP contribution in [-0.2, 0) is 4.79 Å². The predicted molar refractivity (Wildman–Crippen MR) is 43.3 cm³/mol. The van der Waals surface area contributed by atoms with E-state index in [2.05, 4.69) is 10.0 Å². The van der Waals surface area contributed by atoms with E-state index in [1.54, 1.807) is 30.3 Å². The third kappa shape index (κ3) is 3.40. The van der Waals surface area contributed by atoms with Crippen molar-refractivity contribution in [1.82, 2.24) is 0 Å². The van der Waals surface area contributed by atoms with Crippen molar-refractivity contribution in [2.45, 2.75) is 6.04 Å². The summed E-state index contributed by atoms with van der Waals surface area (Å²) in [4.78, 5) is 13.0. The van der Waals surface area contributed by atoms with E-state index in [9.17, 15) is 9.90 Å². The van der Waals surface area contributed by atoms with Crippen LogP contribution >= 0.6 is 0 Å². The SMILES string of the molecule is [N-]=[N+]=N[C@H](C(=O)[O-])c1ccccc1.[Na+]. The normalized spacial score (nSPS) is 10.6. The van der Waals surface area contributed by atoms with Crippen molar-refractivity contribution < 1.29 is 39.5 Å². The van der Waals surface area contributed by atoms with Gasteiger partial charge in [0.1, 0.15) is 6.04 Å². The molecule has 0 unspecified atom stereocenters. The second kappa shape index (κ2) is 6.45. The average Bonchev–Trinajstić information content (AvgIpc) is 2.15. The Morgan fingerprint density at radius 1 is 1.43 bits per heavy atom. The summed E-state index contributed by atoms with van der Waals surface area (Å²) in [6.45, 7) is 0. The van der Waals surface area contributed by atoms with Crippen molar-refractivity contribution in [3.8, 4) is 0 Å². The minimum absolute atomic E-state index is 0. The molecule has 1 atom stereocenters. The molecular weight excluding hydrogens is 193 g/mol. The van der Waals surface area contributed by atoms with Crippen LogP contribution in [0.3, 0.4) is 0 Å². The largest absolute Gasteiger partial charge is 1.00 e. The van der Waals surface area contributed by atoms with Crippen LogP contribution in [0.2, 0.25) is 0 Å². The summed E-state index contributed by atoms with van der Waals surface area (Å²) < 4.78 is 0. The monoisotopic (exact) mass is 199 g/mol. The molecule has 0 N–H and O–H groups in total. The molecule has 0 aromatic heterocycles.